The van der Waals surface area contributed by atoms with Crippen molar-refractivity contribution >= 4 is 11.8 Å². The molecule has 0 bridgehead atoms. The van der Waals surface area contributed by atoms with Gasteiger partial charge in [0.15, 0.2) is 11.5 Å². The van der Waals surface area contributed by atoms with E-state index in [4.69, 9.17) is 14.2 Å². The predicted molar refractivity (Wildman–Crippen MR) is 92.8 cm³/mol. The van der Waals surface area contributed by atoms with Crippen LogP contribution in [-0.4, -0.2) is 52.8 Å². The van der Waals surface area contributed by atoms with E-state index in [1.54, 1.807) is 21.3 Å². The molecule has 0 aromatic heterocycles. The van der Waals surface area contributed by atoms with Crippen molar-refractivity contribution in [3.63, 3.8) is 0 Å². The van der Waals surface area contributed by atoms with Gasteiger partial charge in [-0.2, -0.15) is 0 Å². The monoisotopic (exact) mass is 350 g/mol. The van der Waals surface area contributed by atoms with Gasteiger partial charge in [0.05, 0.1) is 20.8 Å². The van der Waals surface area contributed by atoms with Crippen LogP contribution >= 0.6 is 0 Å². The Hall–Kier alpha value is -2.28. The van der Waals surface area contributed by atoms with Gasteiger partial charge in [0, 0.05) is 20.2 Å². The van der Waals surface area contributed by atoms with Gasteiger partial charge in [-0.1, -0.05) is 6.07 Å². The Balaban J connectivity index is 1.83. The highest BCUT2D eigenvalue weighted by Crippen LogP contribution is 2.46. The summed E-state index contributed by atoms with van der Waals surface area (Å²) in [6.45, 7) is 1.31. The normalized spacial score (nSPS) is 14.5. The summed E-state index contributed by atoms with van der Waals surface area (Å²) >= 11 is 0. The van der Waals surface area contributed by atoms with Crippen molar-refractivity contribution in [1.29, 1.82) is 0 Å². The van der Waals surface area contributed by atoms with E-state index in [0.717, 1.165) is 5.56 Å². The molecule has 2 rings (SSSR count). The summed E-state index contributed by atoms with van der Waals surface area (Å²) in [6, 6.07) is 5.65. The van der Waals surface area contributed by atoms with Gasteiger partial charge in [-0.25, -0.2) is 0 Å². The molecule has 7 nitrogen and oxygen atoms in total. The number of ether oxygens (including phenoxy) is 3. The first-order valence-corrected chi connectivity index (χ1v) is 8.34. The van der Waals surface area contributed by atoms with Gasteiger partial charge in [-0.15, -0.1) is 0 Å². The van der Waals surface area contributed by atoms with Crippen molar-refractivity contribution in [2.75, 3.05) is 41.0 Å². The molecular formula is C18H26N2O5. The number of nitrogens with one attached hydrogen (secondary N) is 2. The Kier molecular flexibility index (Phi) is 6.64. The van der Waals surface area contributed by atoms with E-state index in [1.807, 2.05) is 18.2 Å². The summed E-state index contributed by atoms with van der Waals surface area (Å²) < 4.78 is 15.4. The average Bonchev–Trinajstić information content (AvgIpc) is 3.43. The van der Waals surface area contributed by atoms with E-state index in [9.17, 15) is 9.59 Å². The topological polar surface area (TPSA) is 85.9 Å². The molecule has 1 aromatic rings. The molecule has 2 amide bonds. The Morgan fingerprint density at radius 1 is 1.00 bits per heavy atom. The zero-order chi connectivity index (χ0) is 18.3. The molecule has 0 radical (unpaired) electrons. The molecule has 0 unspecified atom stereocenters. The van der Waals surface area contributed by atoms with Gasteiger partial charge in [0.2, 0.25) is 11.8 Å². The summed E-state index contributed by atoms with van der Waals surface area (Å²) in [5, 5.41) is 5.62. The van der Waals surface area contributed by atoms with Crippen LogP contribution in [0.25, 0.3) is 0 Å². The molecule has 7 heteroatoms. The van der Waals surface area contributed by atoms with Gasteiger partial charge < -0.3 is 24.8 Å². The zero-order valence-corrected chi connectivity index (χ0v) is 15.0. The maximum absolute atomic E-state index is 12.4. The summed E-state index contributed by atoms with van der Waals surface area (Å²) in [4.78, 5) is 24.5. The van der Waals surface area contributed by atoms with Crippen LogP contribution in [0.1, 0.15) is 18.4 Å². The van der Waals surface area contributed by atoms with Crippen molar-refractivity contribution in [2.45, 2.75) is 19.3 Å². The molecule has 0 heterocycles. The van der Waals surface area contributed by atoms with E-state index < -0.39 is 5.41 Å². The van der Waals surface area contributed by atoms with Crippen molar-refractivity contribution in [3.8, 4) is 11.5 Å². The molecule has 2 N–H and O–H groups in total. The van der Waals surface area contributed by atoms with Crippen molar-refractivity contribution in [2.24, 2.45) is 5.41 Å². The van der Waals surface area contributed by atoms with Crippen molar-refractivity contribution < 1.29 is 23.8 Å². The summed E-state index contributed by atoms with van der Waals surface area (Å²) in [5.74, 6) is 0.901. The molecule has 1 fully saturated rings. The standard InChI is InChI=1S/C18H26N2O5/c1-23-11-10-20-17(22)18(7-8-18)16(21)19-9-6-13-4-5-14(24-2)15(12-13)25-3/h4-5,12H,6-11H2,1-3H3,(H,19,21)(H,20,22). The van der Waals surface area contributed by atoms with Crippen LogP contribution in [0.4, 0.5) is 0 Å². The second-order valence-electron chi connectivity index (χ2n) is 6.03. The maximum Gasteiger partial charge on any atom is 0.235 e. The summed E-state index contributed by atoms with van der Waals surface area (Å²) in [6.07, 6.45) is 1.83. The molecular weight excluding hydrogens is 324 g/mol. The lowest BCUT2D eigenvalue weighted by Crippen LogP contribution is -2.44. The van der Waals surface area contributed by atoms with Crippen molar-refractivity contribution in [3.05, 3.63) is 23.8 Å². The quantitative estimate of drug-likeness (QED) is 0.484. The minimum atomic E-state index is -0.897. The molecule has 1 saturated carbocycles. The molecule has 0 aliphatic heterocycles. The fourth-order valence-corrected chi connectivity index (χ4v) is 2.64. The van der Waals surface area contributed by atoms with Gasteiger partial charge in [0.25, 0.3) is 0 Å². The third kappa shape index (κ3) is 4.63. The number of rotatable bonds is 10. The first-order valence-electron chi connectivity index (χ1n) is 8.34. The minimum Gasteiger partial charge on any atom is -0.493 e. The van der Waals surface area contributed by atoms with E-state index in [2.05, 4.69) is 10.6 Å². The van der Waals surface area contributed by atoms with Crippen molar-refractivity contribution in [1.82, 2.24) is 10.6 Å². The van der Waals surface area contributed by atoms with Crippen LogP contribution in [0.5, 0.6) is 11.5 Å². The minimum absolute atomic E-state index is 0.206. The number of amides is 2. The third-order valence-corrected chi connectivity index (χ3v) is 4.36. The second kappa shape index (κ2) is 8.71. The van der Waals surface area contributed by atoms with E-state index in [1.165, 1.54) is 0 Å². The second-order valence-corrected chi connectivity index (χ2v) is 6.03. The fourth-order valence-electron chi connectivity index (χ4n) is 2.64. The Morgan fingerprint density at radius 3 is 2.20 bits per heavy atom. The van der Waals surface area contributed by atoms with E-state index >= 15 is 0 Å². The Morgan fingerprint density at radius 2 is 1.64 bits per heavy atom. The number of hydrogen-bond acceptors (Lipinski definition) is 5. The number of carbonyl (C=O) groups excluding carboxylic acids is 2. The lowest BCUT2D eigenvalue weighted by molar-refractivity contribution is -0.137. The van der Waals surface area contributed by atoms with Crippen LogP contribution in [-0.2, 0) is 20.7 Å². The molecule has 138 valence electrons. The van der Waals surface area contributed by atoms with E-state index in [0.29, 0.717) is 50.5 Å². The highest BCUT2D eigenvalue weighted by molar-refractivity contribution is 6.07. The first-order chi connectivity index (χ1) is 12.1. The summed E-state index contributed by atoms with van der Waals surface area (Å²) in [5.41, 5.74) is 0.123. The largest absolute Gasteiger partial charge is 0.493 e. The summed E-state index contributed by atoms with van der Waals surface area (Å²) in [7, 11) is 4.74. The molecule has 1 aliphatic carbocycles. The molecule has 0 saturated heterocycles. The van der Waals surface area contributed by atoms with Gasteiger partial charge in [-0.05, 0) is 37.0 Å². The van der Waals surface area contributed by atoms with Crippen LogP contribution < -0.4 is 20.1 Å². The van der Waals surface area contributed by atoms with Gasteiger partial charge in [0.1, 0.15) is 5.41 Å². The molecule has 1 aliphatic rings. The number of benzene rings is 1. The van der Waals surface area contributed by atoms with Gasteiger partial charge in [-0.3, -0.25) is 9.59 Å². The number of carbonyl (C=O) groups is 2. The highest BCUT2D eigenvalue weighted by Gasteiger charge is 2.56. The Labute approximate surface area is 148 Å². The molecule has 0 atom stereocenters. The van der Waals surface area contributed by atoms with Crippen LogP contribution in [0, 0.1) is 5.41 Å². The van der Waals surface area contributed by atoms with Crippen LogP contribution in [0.15, 0.2) is 18.2 Å². The number of methoxy groups -OCH3 is 3. The van der Waals surface area contributed by atoms with Crippen LogP contribution in [0.2, 0.25) is 0 Å². The average molecular weight is 350 g/mol. The Bertz CT molecular complexity index is 613. The predicted octanol–water partition coefficient (Wildman–Crippen LogP) is 0.905. The molecule has 0 spiro atoms. The van der Waals surface area contributed by atoms with E-state index in [-0.39, 0.29) is 11.8 Å². The lowest BCUT2D eigenvalue weighted by atomic mass is 10.0. The first kappa shape index (κ1) is 19.1. The maximum atomic E-state index is 12.4. The third-order valence-electron chi connectivity index (χ3n) is 4.36. The number of hydrogen-bond donors (Lipinski definition) is 2. The smallest absolute Gasteiger partial charge is 0.235 e. The highest BCUT2D eigenvalue weighted by atomic mass is 16.5. The SMILES string of the molecule is COCCNC(=O)C1(C(=O)NCCc2ccc(OC)c(OC)c2)CC1. The lowest BCUT2D eigenvalue weighted by Gasteiger charge is -2.15. The van der Waals surface area contributed by atoms with Crippen LogP contribution in [0.3, 0.4) is 0 Å². The molecule has 1 aromatic carbocycles. The fraction of sp³-hybridized carbons (Fsp3) is 0.556. The molecule has 25 heavy (non-hydrogen) atoms. The zero-order valence-electron chi connectivity index (χ0n) is 15.0. The van der Waals surface area contributed by atoms with Gasteiger partial charge >= 0.3 is 0 Å².